The predicted molar refractivity (Wildman–Crippen MR) is 72.4 cm³/mol. The molecule has 0 aromatic heterocycles. The van der Waals surface area contributed by atoms with E-state index in [2.05, 4.69) is 36.1 Å². The fourth-order valence-corrected chi connectivity index (χ4v) is 3.43. The van der Waals surface area contributed by atoms with E-state index in [1.54, 1.807) is 0 Å². The molecule has 1 aromatic rings. The lowest BCUT2D eigenvalue weighted by Crippen LogP contribution is -2.51. The Morgan fingerprint density at radius 1 is 1.11 bits per heavy atom. The van der Waals surface area contributed by atoms with Crippen LogP contribution >= 0.6 is 0 Å². The molecule has 0 amide bonds. The quantitative estimate of drug-likeness (QED) is 0.795. The zero-order valence-electron chi connectivity index (χ0n) is 11.1. The van der Waals surface area contributed by atoms with E-state index >= 15 is 0 Å². The van der Waals surface area contributed by atoms with Crippen molar-refractivity contribution >= 4 is 5.78 Å². The molecule has 2 aliphatic heterocycles. The number of hydrogen-bond acceptors (Lipinski definition) is 2. The molecule has 2 saturated heterocycles. The van der Waals surface area contributed by atoms with E-state index in [4.69, 9.17) is 0 Å². The van der Waals surface area contributed by atoms with Crippen LogP contribution in [0.2, 0.25) is 0 Å². The molecule has 0 aliphatic carbocycles. The average Bonchev–Trinajstić information content (AvgIpc) is 2.33. The highest BCUT2D eigenvalue weighted by molar-refractivity contribution is 5.80. The van der Waals surface area contributed by atoms with E-state index in [-0.39, 0.29) is 0 Å². The first kappa shape index (κ1) is 11.9. The summed E-state index contributed by atoms with van der Waals surface area (Å²) in [4.78, 5) is 14.3. The van der Waals surface area contributed by atoms with Crippen LogP contribution in [0.25, 0.3) is 0 Å². The Morgan fingerprint density at radius 2 is 1.72 bits per heavy atom. The lowest BCUT2D eigenvalue weighted by molar-refractivity contribution is -0.127. The largest absolute Gasteiger partial charge is 0.300 e. The van der Waals surface area contributed by atoms with E-state index in [0.717, 1.165) is 19.4 Å². The lowest BCUT2D eigenvalue weighted by Gasteiger charge is -2.45. The molecule has 2 fully saturated rings. The molecule has 2 nitrogen and oxygen atoms in total. The van der Waals surface area contributed by atoms with Crippen molar-refractivity contribution < 1.29 is 4.79 Å². The van der Waals surface area contributed by atoms with Crippen molar-refractivity contribution in [3.05, 3.63) is 35.4 Å². The minimum absolute atomic E-state index is 0.477. The van der Waals surface area contributed by atoms with Crippen molar-refractivity contribution in [1.82, 2.24) is 4.90 Å². The van der Waals surface area contributed by atoms with E-state index in [9.17, 15) is 4.79 Å². The fourth-order valence-electron chi connectivity index (χ4n) is 3.43. The molecule has 2 aliphatic rings. The first-order valence-corrected chi connectivity index (χ1v) is 7.05. The van der Waals surface area contributed by atoms with Crippen molar-refractivity contribution in [3.8, 4) is 0 Å². The standard InChI is InChI=1S/C16H21NO/c1-12-5-7-13(8-6-12)11-17-14-3-2-4-15(17)10-16(18)9-14/h5-8,14-15H,2-4,9-11H2,1H3. The molecular weight excluding hydrogens is 222 g/mol. The van der Waals surface area contributed by atoms with E-state index in [1.807, 2.05) is 0 Å². The molecule has 0 N–H and O–H groups in total. The first-order valence-electron chi connectivity index (χ1n) is 7.05. The summed E-state index contributed by atoms with van der Waals surface area (Å²) in [6.45, 7) is 3.14. The SMILES string of the molecule is Cc1ccc(CN2C3CCCC2CC(=O)C3)cc1. The number of carbonyl (C=O) groups excluding carboxylic acids is 1. The van der Waals surface area contributed by atoms with Crippen molar-refractivity contribution in [1.29, 1.82) is 0 Å². The summed E-state index contributed by atoms with van der Waals surface area (Å²) < 4.78 is 0. The third kappa shape index (κ3) is 2.35. The van der Waals surface area contributed by atoms with Gasteiger partial charge in [0.1, 0.15) is 5.78 Å². The number of rotatable bonds is 2. The maximum atomic E-state index is 11.7. The van der Waals surface area contributed by atoms with Crippen LogP contribution in [-0.4, -0.2) is 22.8 Å². The Balaban J connectivity index is 1.75. The molecule has 0 saturated carbocycles. The lowest BCUT2D eigenvalue weighted by atomic mass is 9.83. The van der Waals surface area contributed by atoms with Gasteiger partial charge in [-0.2, -0.15) is 0 Å². The molecule has 96 valence electrons. The minimum Gasteiger partial charge on any atom is -0.300 e. The van der Waals surface area contributed by atoms with Crippen molar-refractivity contribution in [2.45, 2.75) is 57.7 Å². The molecular formula is C16H21NO. The van der Waals surface area contributed by atoms with Crippen LogP contribution in [-0.2, 0) is 11.3 Å². The van der Waals surface area contributed by atoms with E-state index < -0.39 is 0 Å². The van der Waals surface area contributed by atoms with Gasteiger partial charge in [0.25, 0.3) is 0 Å². The number of aryl methyl sites for hydroxylation is 1. The minimum atomic E-state index is 0.477. The van der Waals surface area contributed by atoms with Gasteiger partial charge in [-0.1, -0.05) is 36.2 Å². The van der Waals surface area contributed by atoms with Crippen LogP contribution in [0, 0.1) is 6.92 Å². The van der Waals surface area contributed by atoms with Crippen LogP contribution in [0.4, 0.5) is 0 Å². The molecule has 2 unspecified atom stereocenters. The number of carbonyl (C=O) groups is 1. The summed E-state index contributed by atoms with van der Waals surface area (Å²) in [6.07, 6.45) is 5.26. The number of hydrogen-bond donors (Lipinski definition) is 0. The number of ketones is 1. The topological polar surface area (TPSA) is 20.3 Å². The fraction of sp³-hybridized carbons (Fsp3) is 0.562. The molecule has 0 spiro atoms. The second kappa shape index (κ2) is 4.85. The molecule has 2 bridgehead atoms. The van der Waals surface area contributed by atoms with Crippen molar-refractivity contribution in [2.24, 2.45) is 0 Å². The Bertz CT molecular complexity index is 421. The number of benzene rings is 1. The molecule has 2 atom stereocenters. The van der Waals surface area contributed by atoms with Crippen LogP contribution in [0.3, 0.4) is 0 Å². The second-order valence-electron chi connectivity index (χ2n) is 5.84. The highest BCUT2D eigenvalue weighted by Gasteiger charge is 2.37. The smallest absolute Gasteiger partial charge is 0.136 e. The summed E-state index contributed by atoms with van der Waals surface area (Å²) in [7, 11) is 0. The maximum absolute atomic E-state index is 11.7. The number of Topliss-reactive ketones (excluding diaryl/α,β-unsaturated/α-hetero) is 1. The van der Waals surface area contributed by atoms with Gasteiger partial charge in [0.15, 0.2) is 0 Å². The van der Waals surface area contributed by atoms with Gasteiger partial charge >= 0.3 is 0 Å². The van der Waals surface area contributed by atoms with Gasteiger partial charge in [-0.3, -0.25) is 9.69 Å². The molecule has 2 heterocycles. The number of nitrogens with zero attached hydrogens (tertiary/aromatic N) is 1. The monoisotopic (exact) mass is 243 g/mol. The third-order valence-electron chi connectivity index (χ3n) is 4.43. The number of fused-ring (bicyclic) bond motifs is 2. The van der Waals surface area contributed by atoms with Gasteiger partial charge in [0.05, 0.1) is 0 Å². The zero-order valence-corrected chi connectivity index (χ0v) is 11.1. The first-order chi connectivity index (χ1) is 8.72. The second-order valence-corrected chi connectivity index (χ2v) is 5.84. The van der Waals surface area contributed by atoms with Crippen LogP contribution < -0.4 is 0 Å². The Morgan fingerprint density at radius 3 is 2.33 bits per heavy atom. The summed E-state index contributed by atoms with van der Waals surface area (Å²) in [6, 6.07) is 9.82. The van der Waals surface area contributed by atoms with Gasteiger partial charge in [-0.25, -0.2) is 0 Å². The summed E-state index contributed by atoms with van der Waals surface area (Å²) >= 11 is 0. The Kier molecular flexibility index (Phi) is 3.21. The van der Waals surface area contributed by atoms with Gasteiger partial charge in [-0.05, 0) is 25.3 Å². The Hall–Kier alpha value is -1.15. The van der Waals surface area contributed by atoms with Crippen LogP contribution in [0.15, 0.2) is 24.3 Å². The highest BCUT2D eigenvalue weighted by atomic mass is 16.1. The number of piperidine rings is 2. The normalized spacial score (nSPS) is 28.4. The van der Waals surface area contributed by atoms with E-state index in [0.29, 0.717) is 17.9 Å². The molecule has 0 radical (unpaired) electrons. The zero-order chi connectivity index (χ0) is 12.5. The van der Waals surface area contributed by atoms with Gasteiger partial charge in [0.2, 0.25) is 0 Å². The summed E-state index contributed by atoms with van der Waals surface area (Å²) in [5, 5.41) is 0. The summed E-state index contributed by atoms with van der Waals surface area (Å²) in [5.74, 6) is 0.477. The predicted octanol–water partition coefficient (Wildman–Crippen LogP) is 3.08. The third-order valence-corrected chi connectivity index (χ3v) is 4.43. The highest BCUT2D eigenvalue weighted by Crippen LogP contribution is 2.33. The van der Waals surface area contributed by atoms with Crippen molar-refractivity contribution in [2.75, 3.05) is 0 Å². The molecule has 3 rings (SSSR count). The average molecular weight is 243 g/mol. The van der Waals surface area contributed by atoms with Gasteiger partial charge < -0.3 is 0 Å². The van der Waals surface area contributed by atoms with Crippen LogP contribution in [0.5, 0.6) is 0 Å². The molecule has 18 heavy (non-hydrogen) atoms. The molecule has 2 heteroatoms. The van der Waals surface area contributed by atoms with Crippen molar-refractivity contribution in [3.63, 3.8) is 0 Å². The Labute approximate surface area is 109 Å². The maximum Gasteiger partial charge on any atom is 0.136 e. The van der Waals surface area contributed by atoms with Crippen LogP contribution in [0.1, 0.15) is 43.2 Å². The summed E-state index contributed by atoms with van der Waals surface area (Å²) in [5.41, 5.74) is 2.69. The van der Waals surface area contributed by atoms with Gasteiger partial charge in [0, 0.05) is 31.5 Å². The molecule has 1 aromatic carbocycles. The van der Waals surface area contributed by atoms with Gasteiger partial charge in [-0.15, -0.1) is 0 Å². The van der Waals surface area contributed by atoms with E-state index in [1.165, 1.54) is 30.4 Å².